The number of hydrogen-bond donors (Lipinski definition) is 3. The lowest BCUT2D eigenvalue weighted by Gasteiger charge is -2.24. The standard InChI is InChI=1S/C18H24N2O6/c1-18(2,3)26-17(24)19-6-7-25-13-5-4-11-8-12(9-15(21)22)16(23)20-14(11)10-13/h4-5,10,12H,6-9H2,1-3H3,(H,19,24)(H,20,23)(H,21,22). The molecule has 8 nitrogen and oxygen atoms in total. The molecule has 26 heavy (non-hydrogen) atoms. The zero-order valence-electron chi connectivity index (χ0n) is 15.1. The number of fused-ring (bicyclic) bond motifs is 1. The van der Waals surface area contributed by atoms with Gasteiger partial charge in [0.1, 0.15) is 18.0 Å². The van der Waals surface area contributed by atoms with Crippen LogP contribution in [0.15, 0.2) is 18.2 Å². The minimum atomic E-state index is -0.994. The summed E-state index contributed by atoms with van der Waals surface area (Å²) in [6.45, 7) is 5.87. The van der Waals surface area contributed by atoms with Gasteiger partial charge in [-0.05, 0) is 38.8 Å². The Hall–Kier alpha value is -2.77. The number of aliphatic carboxylic acids is 1. The first kappa shape index (κ1) is 19.6. The van der Waals surface area contributed by atoms with E-state index in [4.69, 9.17) is 14.6 Å². The van der Waals surface area contributed by atoms with E-state index >= 15 is 0 Å². The van der Waals surface area contributed by atoms with E-state index in [0.717, 1.165) is 5.56 Å². The number of alkyl carbamates (subject to hydrolysis) is 1. The molecular formula is C18H24N2O6. The molecule has 1 unspecified atom stereocenters. The van der Waals surface area contributed by atoms with Crippen LogP contribution in [0.25, 0.3) is 0 Å². The molecule has 0 saturated heterocycles. The quantitative estimate of drug-likeness (QED) is 0.667. The summed E-state index contributed by atoms with van der Waals surface area (Å²) in [4.78, 5) is 34.3. The highest BCUT2D eigenvalue weighted by atomic mass is 16.6. The molecule has 142 valence electrons. The lowest BCUT2D eigenvalue weighted by molar-refractivity contribution is -0.140. The second-order valence-corrected chi connectivity index (χ2v) is 7.08. The van der Waals surface area contributed by atoms with Crippen LogP contribution in [0.1, 0.15) is 32.8 Å². The summed E-state index contributed by atoms with van der Waals surface area (Å²) in [6.07, 6.45) is -0.323. The van der Waals surface area contributed by atoms with Crippen LogP contribution in [0.2, 0.25) is 0 Å². The van der Waals surface area contributed by atoms with E-state index in [9.17, 15) is 14.4 Å². The van der Waals surface area contributed by atoms with E-state index in [2.05, 4.69) is 10.6 Å². The van der Waals surface area contributed by atoms with Gasteiger partial charge in [0.05, 0.1) is 18.9 Å². The number of ether oxygens (including phenoxy) is 2. The SMILES string of the molecule is CC(C)(C)OC(=O)NCCOc1ccc2c(c1)NC(=O)C(CC(=O)O)C2. The number of carbonyl (C=O) groups is 3. The fraction of sp³-hybridized carbons (Fsp3) is 0.500. The fourth-order valence-electron chi connectivity index (χ4n) is 2.54. The monoisotopic (exact) mass is 364 g/mol. The van der Waals surface area contributed by atoms with Crippen molar-refractivity contribution in [3.63, 3.8) is 0 Å². The van der Waals surface area contributed by atoms with Gasteiger partial charge in [0.15, 0.2) is 0 Å². The van der Waals surface area contributed by atoms with Gasteiger partial charge in [0.2, 0.25) is 5.91 Å². The van der Waals surface area contributed by atoms with Crippen LogP contribution in [0.5, 0.6) is 5.75 Å². The predicted octanol–water partition coefficient (Wildman–Crippen LogP) is 2.18. The van der Waals surface area contributed by atoms with Crippen molar-refractivity contribution in [3.05, 3.63) is 23.8 Å². The Bertz CT molecular complexity index is 695. The van der Waals surface area contributed by atoms with E-state index in [0.29, 0.717) is 17.9 Å². The highest BCUT2D eigenvalue weighted by Crippen LogP contribution is 2.30. The molecule has 0 aliphatic carbocycles. The average Bonchev–Trinajstić information content (AvgIpc) is 2.50. The van der Waals surface area contributed by atoms with Crippen molar-refractivity contribution in [1.29, 1.82) is 0 Å². The van der Waals surface area contributed by atoms with Crippen molar-refractivity contribution in [2.75, 3.05) is 18.5 Å². The maximum Gasteiger partial charge on any atom is 0.407 e. The molecule has 1 aliphatic rings. The molecule has 8 heteroatoms. The first-order valence-corrected chi connectivity index (χ1v) is 8.39. The largest absolute Gasteiger partial charge is 0.492 e. The maximum absolute atomic E-state index is 12.0. The molecule has 1 aliphatic heterocycles. The minimum absolute atomic E-state index is 0.195. The number of rotatable bonds is 6. The Morgan fingerprint density at radius 1 is 1.35 bits per heavy atom. The van der Waals surface area contributed by atoms with Crippen molar-refractivity contribution >= 4 is 23.7 Å². The van der Waals surface area contributed by atoms with Gasteiger partial charge in [-0.2, -0.15) is 0 Å². The second kappa shape index (κ2) is 8.07. The second-order valence-electron chi connectivity index (χ2n) is 7.08. The first-order chi connectivity index (χ1) is 12.1. The summed E-state index contributed by atoms with van der Waals surface area (Å²) in [5, 5.41) is 14.2. The number of carboxylic acid groups (broad SMARTS) is 1. The fourth-order valence-corrected chi connectivity index (χ4v) is 2.54. The zero-order chi connectivity index (χ0) is 19.3. The van der Waals surface area contributed by atoms with E-state index in [-0.39, 0.29) is 25.5 Å². The van der Waals surface area contributed by atoms with Crippen molar-refractivity contribution in [3.8, 4) is 5.75 Å². The average molecular weight is 364 g/mol. The summed E-state index contributed by atoms with van der Waals surface area (Å²) in [7, 11) is 0. The van der Waals surface area contributed by atoms with Crippen molar-refractivity contribution < 1.29 is 29.0 Å². The molecule has 0 fully saturated rings. The number of benzene rings is 1. The summed E-state index contributed by atoms with van der Waals surface area (Å²) in [5.41, 5.74) is 0.935. The Kier molecular flexibility index (Phi) is 6.07. The molecule has 1 aromatic carbocycles. The van der Waals surface area contributed by atoms with Gasteiger partial charge < -0.3 is 25.2 Å². The van der Waals surface area contributed by atoms with E-state index in [1.54, 1.807) is 39.0 Å². The normalized spacial score (nSPS) is 16.3. The topological polar surface area (TPSA) is 114 Å². The smallest absolute Gasteiger partial charge is 0.407 e. The molecule has 2 rings (SSSR count). The molecule has 3 N–H and O–H groups in total. The molecular weight excluding hydrogens is 340 g/mol. The molecule has 1 heterocycles. The number of nitrogens with one attached hydrogen (secondary N) is 2. The number of carboxylic acids is 1. The van der Waals surface area contributed by atoms with E-state index in [1.165, 1.54) is 0 Å². The summed E-state index contributed by atoms with van der Waals surface area (Å²) in [5.74, 6) is -1.31. The van der Waals surface area contributed by atoms with Crippen LogP contribution in [-0.2, 0) is 20.7 Å². The maximum atomic E-state index is 12.0. The van der Waals surface area contributed by atoms with Gasteiger partial charge in [0.25, 0.3) is 0 Å². The van der Waals surface area contributed by atoms with Crippen LogP contribution >= 0.6 is 0 Å². The van der Waals surface area contributed by atoms with Gasteiger partial charge in [-0.1, -0.05) is 6.07 Å². The van der Waals surface area contributed by atoms with Crippen LogP contribution < -0.4 is 15.4 Å². The van der Waals surface area contributed by atoms with Gasteiger partial charge in [-0.15, -0.1) is 0 Å². The summed E-state index contributed by atoms with van der Waals surface area (Å²) < 4.78 is 10.7. The lowest BCUT2D eigenvalue weighted by atomic mass is 9.91. The van der Waals surface area contributed by atoms with Gasteiger partial charge in [-0.3, -0.25) is 9.59 Å². The zero-order valence-corrected chi connectivity index (χ0v) is 15.1. The van der Waals surface area contributed by atoms with Crippen LogP contribution in [0, 0.1) is 5.92 Å². The lowest BCUT2D eigenvalue weighted by Crippen LogP contribution is -2.34. The molecule has 0 radical (unpaired) electrons. The highest BCUT2D eigenvalue weighted by molar-refractivity contribution is 5.97. The number of hydrogen-bond acceptors (Lipinski definition) is 5. The van der Waals surface area contributed by atoms with Crippen molar-refractivity contribution in [2.45, 2.75) is 39.2 Å². The number of carbonyl (C=O) groups excluding carboxylic acids is 2. The van der Waals surface area contributed by atoms with Crippen LogP contribution in [0.4, 0.5) is 10.5 Å². The van der Waals surface area contributed by atoms with Gasteiger partial charge in [-0.25, -0.2) is 4.79 Å². The Balaban J connectivity index is 1.84. The molecule has 1 atom stereocenters. The molecule has 0 saturated carbocycles. The Labute approximate surface area is 151 Å². The van der Waals surface area contributed by atoms with E-state index < -0.39 is 23.6 Å². The molecule has 0 spiro atoms. The molecule has 0 bridgehead atoms. The third-order valence-corrected chi connectivity index (χ3v) is 3.64. The van der Waals surface area contributed by atoms with Crippen molar-refractivity contribution in [2.24, 2.45) is 5.92 Å². The van der Waals surface area contributed by atoms with E-state index in [1.807, 2.05) is 0 Å². The molecule has 1 aromatic rings. The Morgan fingerprint density at radius 2 is 2.08 bits per heavy atom. The predicted molar refractivity (Wildman–Crippen MR) is 94.3 cm³/mol. The first-order valence-electron chi connectivity index (χ1n) is 8.39. The van der Waals surface area contributed by atoms with Crippen molar-refractivity contribution in [1.82, 2.24) is 5.32 Å². The number of anilines is 1. The van der Waals surface area contributed by atoms with Gasteiger partial charge in [0, 0.05) is 11.8 Å². The van der Waals surface area contributed by atoms with Gasteiger partial charge >= 0.3 is 12.1 Å². The Morgan fingerprint density at radius 3 is 2.73 bits per heavy atom. The molecule has 2 amide bonds. The minimum Gasteiger partial charge on any atom is -0.492 e. The van der Waals surface area contributed by atoms with Crippen LogP contribution in [0.3, 0.4) is 0 Å². The number of amides is 2. The van der Waals surface area contributed by atoms with Crippen LogP contribution in [-0.4, -0.2) is 41.8 Å². The highest BCUT2D eigenvalue weighted by Gasteiger charge is 2.28. The third-order valence-electron chi connectivity index (χ3n) is 3.64. The molecule has 0 aromatic heterocycles. The summed E-state index contributed by atoms with van der Waals surface area (Å²) in [6, 6.07) is 5.25. The summed E-state index contributed by atoms with van der Waals surface area (Å²) >= 11 is 0. The third kappa shape index (κ3) is 5.94.